The van der Waals surface area contributed by atoms with E-state index in [0.29, 0.717) is 18.4 Å². The van der Waals surface area contributed by atoms with Crippen LogP contribution in [-0.2, 0) is 20.7 Å². The zero-order valence-electron chi connectivity index (χ0n) is 23.4. The number of aliphatic hydroxyl groups is 3. The van der Waals surface area contributed by atoms with Gasteiger partial charge in [0.25, 0.3) is 0 Å². The van der Waals surface area contributed by atoms with E-state index >= 15 is 0 Å². The summed E-state index contributed by atoms with van der Waals surface area (Å²) in [7, 11) is 0. The third-order valence-corrected chi connectivity index (χ3v) is 6.97. The number of aromatic carboxylic acids is 1. The first-order chi connectivity index (χ1) is 18.6. The number of hydrogen-bond acceptors (Lipinski definition) is 11. The van der Waals surface area contributed by atoms with Crippen molar-refractivity contribution >= 4 is 11.9 Å². The molecule has 2 fully saturated rings. The Hall–Kier alpha value is -1.22. The van der Waals surface area contributed by atoms with E-state index in [9.17, 15) is 35.1 Å². The summed E-state index contributed by atoms with van der Waals surface area (Å²) >= 11 is 0. The minimum Gasteiger partial charge on any atom is -0.546 e. The molecule has 41 heavy (non-hydrogen) atoms. The second-order valence-corrected chi connectivity index (χ2v) is 9.89. The Kier molecular flexibility index (Phi) is 14.5. The molecule has 0 amide bonds. The number of hydrogen-bond donors (Lipinski definition) is 3. The topological polar surface area (TPSA) is 178 Å². The average Bonchev–Trinajstić information content (AvgIpc) is 2.91. The van der Waals surface area contributed by atoms with Gasteiger partial charge in [-0.15, -0.1) is 0 Å². The van der Waals surface area contributed by atoms with Crippen LogP contribution in [0.5, 0.6) is 11.5 Å². The monoisotopic (exact) mass is 590 g/mol. The molecule has 0 aromatic heterocycles. The van der Waals surface area contributed by atoms with Gasteiger partial charge in [0.2, 0.25) is 0 Å². The van der Waals surface area contributed by atoms with Crippen LogP contribution in [0.3, 0.4) is 0 Å². The summed E-state index contributed by atoms with van der Waals surface area (Å²) in [5.41, 5.74) is 0.421. The molecule has 1 saturated heterocycles. The molecule has 3 N–H and O–H groups in total. The second-order valence-electron chi connectivity index (χ2n) is 9.89. The van der Waals surface area contributed by atoms with E-state index in [1.54, 1.807) is 37.3 Å². The minimum atomic E-state index is -1.50. The van der Waals surface area contributed by atoms with Gasteiger partial charge >= 0.3 is 59.1 Å². The number of ether oxygens (including phenoxy) is 4. The van der Waals surface area contributed by atoms with Gasteiger partial charge in [-0.05, 0) is 43.9 Å². The third kappa shape index (κ3) is 9.64. The largest absolute Gasteiger partial charge is 1.00 e. The first-order valence-corrected chi connectivity index (χ1v) is 12.9. The van der Waals surface area contributed by atoms with Crippen LogP contribution in [0.1, 0.15) is 48.5 Å². The van der Waals surface area contributed by atoms with Crippen molar-refractivity contribution in [2.45, 2.75) is 88.0 Å². The van der Waals surface area contributed by atoms with Crippen molar-refractivity contribution in [3.63, 3.8) is 0 Å². The Labute approximate surface area is 282 Å². The van der Waals surface area contributed by atoms with Crippen molar-refractivity contribution in [1.82, 2.24) is 0 Å². The molecule has 0 spiro atoms. The number of benzene rings is 2. The Bertz CT molecular complexity index is 1140. The van der Waals surface area contributed by atoms with Crippen molar-refractivity contribution in [2.75, 3.05) is 0 Å². The maximum absolute atomic E-state index is 11.8. The van der Waals surface area contributed by atoms with Crippen LogP contribution in [0, 0.1) is 0 Å². The van der Waals surface area contributed by atoms with Crippen molar-refractivity contribution in [1.29, 1.82) is 0 Å². The van der Waals surface area contributed by atoms with Crippen LogP contribution in [0.15, 0.2) is 48.5 Å². The Morgan fingerprint density at radius 3 is 2.20 bits per heavy atom. The van der Waals surface area contributed by atoms with E-state index in [1.807, 2.05) is 0 Å². The molecule has 2 aromatic carbocycles. The molecule has 4 rings (SSSR count). The van der Waals surface area contributed by atoms with Crippen LogP contribution in [-0.4, -0.2) is 76.3 Å². The summed E-state index contributed by atoms with van der Waals surface area (Å²) in [6.45, 7) is 1.55. The normalized spacial score (nSPS) is 28.3. The molecule has 0 bridgehead atoms. The zero-order valence-corrected chi connectivity index (χ0v) is 27.4. The van der Waals surface area contributed by atoms with Crippen molar-refractivity contribution in [3.8, 4) is 11.5 Å². The van der Waals surface area contributed by atoms with Crippen LogP contribution in [0.4, 0.5) is 0 Å². The van der Waals surface area contributed by atoms with Gasteiger partial charge in [0, 0.05) is 18.1 Å². The number of carbonyl (C=O) groups is 2. The van der Waals surface area contributed by atoms with E-state index in [4.69, 9.17) is 18.9 Å². The van der Waals surface area contributed by atoms with Gasteiger partial charge in [-0.25, -0.2) is 0 Å². The molecule has 1 saturated carbocycles. The Balaban J connectivity index is 0.00000294. The Morgan fingerprint density at radius 1 is 0.927 bits per heavy atom. The van der Waals surface area contributed by atoms with E-state index in [-0.39, 0.29) is 82.6 Å². The number of carboxylic acids is 2. The van der Waals surface area contributed by atoms with Crippen molar-refractivity contribution < 1.29 is 113 Å². The standard InChI is InChI=1S/C28H34O11.2Na/c1-15-23(29)24(30)25(31)28(36-15)39-21-10-6-5-9-20(21)37-18-12-17(26(32)33)13-19(14-18)38-22(27(34)35)11-16-7-3-2-4-8-16;;/h2-4,7-8,12-15,20-25,28-31H,5-6,9-11H2,1H3,(H,32,33)(H,34,35);;/q;2*+1/p-2/t15-,20+,21+,22-,23+,24+,25-,28-;;/m0../s1. The summed E-state index contributed by atoms with van der Waals surface area (Å²) in [6, 6.07) is 12.6. The first-order valence-electron chi connectivity index (χ1n) is 12.9. The van der Waals surface area contributed by atoms with Gasteiger partial charge in [0.1, 0.15) is 42.0 Å². The maximum atomic E-state index is 11.8. The fourth-order valence-electron chi connectivity index (χ4n) is 4.82. The average molecular weight is 591 g/mol. The van der Waals surface area contributed by atoms with Gasteiger partial charge in [-0.1, -0.05) is 36.8 Å². The van der Waals surface area contributed by atoms with Crippen LogP contribution >= 0.6 is 0 Å². The summed E-state index contributed by atoms with van der Waals surface area (Å²) in [4.78, 5) is 23.5. The zero-order chi connectivity index (χ0) is 28.1. The van der Waals surface area contributed by atoms with Gasteiger partial charge in [0.05, 0.1) is 24.1 Å². The van der Waals surface area contributed by atoms with Crippen molar-refractivity contribution in [3.05, 3.63) is 59.7 Å². The third-order valence-electron chi connectivity index (χ3n) is 6.97. The van der Waals surface area contributed by atoms with Crippen molar-refractivity contribution in [2.24, 2.45) is 0 Å². The predicted octanol–water partition coefficient (Wildman–Crippen LogP) is -6.67. The SMILES string of the molecule is C[C@@H]1O[C@@H](O[C@@H]2CCCC[C@H]2Oc2cc(O[C@@H](Cc3ccccc3)C(=O)[O-])cc(C(=O)[O-])c2)[C@@H](O)[C@H](O)[C@@H]1O.[Na+].[Na+]. The fraction of sp³-hybridized carbons (Fsp3) is 0.500. The van der Waals surface area contributed by atoms with E-state index in [0.717, 1.165) is 18.9 Å². The predicted molar refractivity (Wildman–Crippen MR) is 130 cm³/mol. The molecule has 2 aliphatic rings. The second kappa shape index (κ2) is 16.6. The molecule has 0 unspecified atom stereocenters. The molecule has 0 radical (unpaired) electrons. The van der Waals surface area contributed by atoms with Gasteiger partial charge in [-0.2, -0.15) is 0 Å². The molecule has 13 heteroatoms. The molecule has 2 aromatic rings. The fourth-order valence-corrected chi connectivity index (χ4v) is 4.82. The quantitative estimate of drug-likeness (QED) is 0.224. The minimum absolute atomic E-state index is 0. The van der Waals surface area contributed by atoms with Gasteiger partial charge in [0.15, 0.2) is 6.29 Å². The summed E-state index contributed by atoms with van der Waals surface area (Å²) in [5.74, 6) is -2.93. The summed E-state index contributed by atoms with van der Waals surface area (Å²) in [6.07, 6.45) is -6.07. The van der Waals surface area contributed by atoms with Crippen LogP contribution in [0.2, 0.25) is 0 Å². The van der Waals surface area contributed by atoms with E-state index < -0.39 is 61.0 Å². The smallest absolute Gasteiger partial charge is 0.546 e. The molecule has 8 atom stereocenters. The molecule has 11 nitrogen and oxygen atoms in total. The number of carbonyl (C=O) groups excluding carboxylic acids is 2. The molecule has 212 valence electrons. The summed E-state index contributed by atoms with van der Waals surface area (Å²) < 4.78 is 23.3. The Morgan fingerprint density at radius 2 is 1.56 bits per heavy atom. The molecule has 1 aliphatic heterocycles. The first kappa shape index (κ1) is 36.0. The van der Waals surface area contributed by atoms with Gasteiger partial charge in [-0.3, -0.25) is 0 Å². The number of carboxylic acid groups (broad SMARTS) is 2. The van der Waals surface area contributed by atoms with Gasteiger partial charge < -0.3 is 54.1 Å². The molecular formula is C28H32Na2O11. The molecule has 1 heterocycles. The van der Waals surface area contributed by atoms with Crippen LogP contribution < -0.4 is 78.8 Å². The van der Waals surface area contributed by atoms with E-state index in [2.05, 4.69) is 0 Å². The summed E-state index contributed by atoms with van der Waals surface area (Å²) in [5, 5.41) is 53.9. The number of aliphatic carboxylic acids is 1. The number of rotatable bonds is 10. The number of aliphatic hydroxyl groups excluding tert-OH is 3. The van der Waals surface area contributed by atoms with Crippen LogP contribution in [0.25, 0.3) is 0 Å². The maximum Gasteiger partial charge on any atom is 1.00 e. The molecule has 1 aliphatic carbocycles. The van der Waals surface area contributed by atoms with E-state index in [1.165, 1.54) is 12.1 Å². The molecular weight excluding hydrogens is 558 g/mol.